The molecule has 1 aliphatic heterocycles. The van der Waals surface area contributed by atoms with Gasteiger partial charge in [-0.25, -0.2) is 0 Å². The Morgan fingerprint density at radius 1 is 1.47 bits per heavy atom. The molecule has 1 heterocycles. The van der Waals surface area contributed by atoms with E-state index in [9.17, 15) is 8.42 Å². The molecule has 1 atom stereocenters. The first-order valence-electron chi connectivity index (χ1n) is 4.63. The van der Waals surface area contributed by atoms with E-state index in [1.165, 1.54) is 0 Å². The Balaban J connectivity index is 1.96. The maximum atomic E-state index is 10.8. The van der Waals surface area contributed by atoms with Gasteiger partial charge in [0.1, 0.15) is 18.5 Å². The molecule has 1 aliphatic rings. The van der Waals surface area contributed by atoms with Gasteiger partial charge in [-0.3, -0.25) is 4.18 Å². The minimum atomic E-state index is -3.38. The number of rotatable bonds is 3. The maximum absolute atomic E-state index is 10.8. The molecule has 0 fully saturated rings. The summed E-state index contributed by atoms with van der Waals surface area (Å²) in [7, 11) is -3.38. The van der Waals surface area contributed by atoms with Crippen molar-refractivity contribution in [3.63, 3.8) is 0 Å². The summed E-state index contributed by atoms with van der Waals surface area (Å²) in [5.41, 5.74) is 1.10. The van der Waals surface area contributed by atoms with Crippen molar-refractivity contribution in [3.05, 3.63) is 29.8 Å². The Hall–Kier alpha value is -1.07. The highest BCUT2D eigenvalue weighted by Crippen LogP contribution is 2.28. The number of benzene rings is 1. The van der Waals surface area contributed by atoms with Crippen LogP contribution in [-0.2, 0) is 20.7 Å². The monoisotopic (exact) mass is 228 g/mol. The van der Waals surface area contributed by atoms with E-state index in [0.717, 1.165) is 17.6 Å². The van der Waals surface area contributed by atoms with Gasteiger partial charge in [-0.2, -0.15) is 8.42 Å². The van der Waals surface area contributed by atoms with Crippen molar-refractivity contribution < 1.29 is 17.3 Å². The molecule has 0 saturated heterocycles. The van der Waals surface area contributed by atoms with Gasteiger partial charge in [-0.1, -0.05) is 18.2 Å². The minimum absolute atomic E-state index is 0.0769. The average molecular weight is 228 g/mol. The molecule has 0 aliphatic carbocycles. The van der Waals surface area contributed by atoms with Crippen LogP contribution in [0.4, 0.5) is 0 Å². The summed E-state index contributed by atoms with van der Waals surface area (Å²) in [4.78, 5) is 0. The van der Waals surface area contributed by atoms with E-state index < -0.39 is 10.1 Å². The van der Waals surface area contributed by atoms with Gasteiger partial charge in [-0.05, 0) is 11.6 Å². The van der Waals surface area contributed by atoms with Gasteiger partial charge < -0.3 is 4.74 Å². The lowest BCUT2D eigenvalue weighted by Gasteiger charge is -2.09. The van der Waals surface area contributed by atoms with Gasteiger partial charge in [0.25, 0.3) is 10.1 Å². The summed E-state index contributed by atoms with van der Waals surface area (Å²) in [6, 6.07) is 7.66. The number of ether oxygens (including phenoxy) is 1. The number of para-hydroxylation sites is 1. The standard InChI is InChI=1S/C10H12O4S/c1-15(11,12)13-7-9-6-8-4-2-3-5-10(8)14-9/h2-5,9H,6-7H2,1H3/t9-/m1/s1. The molecule has 0 N–H and O–H groups in total. The van der Waals surface area contributed by atoms with Crippen LogP contribution in [0.3, 0.4) is 0 Å². The molecule has 1 aromatic rings. The maximum Gasteiger partial charge on any atom is 0.264 e. The van der Waals surface area contributed by atoms with E-state index in [1.807, 2.05) is 24.3 Å². The molecular formula is C10H12O4S. The highest BCUT2D eigenvalue weighted by molar-refractivity contribution is 7.85. The predicted octanol–water partition coefficient (Wildman–Crippen LogP) is 0.966. The summed E-state index contributed by atoms with van der Waals surface area (Å²) in [6.45, 7) is 0.0769. The minimum Gasteiger partial charge on any atom is -0.487 e. The first-order chi connectivity index (χ1) is 7.04. The van der Waals surface area contributed by atoms with Crippen molar-refractivity contribution in [2.75, 3.05) is 12.9 Å². The lowest BCUT2D eigenvalue weighted by Crippen LogP contribution is -2.22. The van der Waals surface area contributed by atoms with E-state index in [0.29, 0.717) is 6.42 Å². The largest absolute Gasteiger partial charge is 0.487 e. The lowest BCUT2D eigenvalue weighted by atomic mass is 10.1. The Morgan fingerprint density at radius 2 is 2.20 bits per heavy atom. The lowest BCUT2D eigenvalue weighted by molar-refractivity contribution is 0.153. The quantitative estimate of drug-likeness (QED) is 0.723. The van der Waals surface area contributed by atoms with Gasteiger partial charge in [0.15, 0.2) is 0 Å². The van der Waals surface area contributed by atoms with Crippen LogP contribution in [0.5, 0.6) is 5.75 Å². The van der Waals surface area contributed by atoms with Crippen LogP contribution in [0.1, 0.15) is 5.56 Å². The van der Waals surface area contributed by atoms with Crippen molar-refractivity contribution in [2.45, 2.75) is 12.5 Å². The van der Waals surface area contributed by atoms with E-state index >= 15 is 0 Å². The van der Waals surface area contributed by atoms with E-state index in [2.05, 4.69) is 0 Å². The Labute approximate surface area is 88.9 Å². The van der Waals surface area contributed by atoms with E-state index in [-0.39, 0.29) is 12.7 Å². The van der Waals surface area contributed by atoms with Crippen LogP contribution in [0.25, 0.3) is 0 Å². The molecule has 0 aromatic heterocycles. The van der Waals surface area contributed by atoms with Gasteiger partial charge in [0, 0.05) is 6.42 Å². The van der Waals surface area contributed by atoms with Crippen LogP contribution < -0.4 is 4.74 Å². The Bertz CT molecular complexity index is 427. The zero-order valence-electron chi connectivity index (χ0n) is 8.34. The zero-order valence-corrected chi connectivity index (χ0v) is 9.16. The molecule has 0 unspecified atom stereocenters. The summed E-state index contributed by atoms with van der Waals surface area (Å²) >= 11 is 0. The molecule has 2 rings (SSSR count). The van der Waals surface area contributed by atoms with Crippen LogP contribution in [0.2, 0.25) is 0 Å². The van der Waals surface area contributed by atoms with Gasteiger partial charge in [0.05, 0.1) is 6.26 Å². The van der Waals surface area contributed by atoms with Gasteiger partial charge >= 0.3 is 0 Å². The Morgan fingerprint density at radius 3 is 2.87 bits per heavy atom. The van der Waals surface area contributed by atoms with Crippen molar-refractivity contribution >= 4 is 10.1 Å². The molecule has 0 bridgehead atoms. The third-order valence-electron chi connectivity index (χ3n) is 2.18. The topological polar surface area (TPSA) is 52.6 Å². The fraction of sp³-hybridized carbons (Fsp3) is 0.400. The first kappa shape index (κ1) is 10.4. The molecule has 1 aromatic carbocycles. The number of fused-ring (bicyclic) bond motifs is 1. The fourth-order valence-corrected chi connectivity index (χ4v) is 1.95. The van der Waals surface area contributed by atoms with Crippen molar-refractivity contribution in [1.82, 2.24) is 0 Å². The molecular weight excluding hydrogens is 216 g/mol. The second-order valence-corrected chi connectivity index (χ2v) is 5.18. The number of hydrogen-bond donors (Lipinski definition) is 0. The summed E-state index contributed by atoms with van der Waals surface area (Å²) < 4.78 is 31.8. The van der Waals surface area contributed by atoms with E-state index in [4.69, 9.17) is 8.92 Å². The molecule has 0 saturated carbocycles. The van der Waals surface area contributed by atoms with Crippen molar-refractivity contribution in [1.29, 1.82) is 0 Å². The molecule has 4 nitrogen and oxygen atoms in total. The van der Waals surface area contributed by atoms with Gasteiger partial charge in [-0.15, -0.1) is 0 Å². The van der Waals surface area contributed by atoms with E-state index in [1.54, 1.807) is 0 Å². The third kappa shape index (κ3) is 2.70. The normalized spacial score (nSPS) is 19.7. The highest BCUT2D eigenvalue weighted by Gasteiger charge is 2.23. The van der Waals surface area contributed by atoms with Crippen molar-refractivity contribution in [2.24, 2.45) is 0 Å². The van der Waals surface area contributed by atoms with Gasteiger partial charge in [0.2, 0.25) is 0 Å². The zero-order chi connectivity index (χ0) is 10.9. The molecule has 5 heteroatoms. The second kappa shape index (κ2) is 3.83. The summed E-state index contributed by atoms with van der Waals surface area (Å²) in [6.07, 6.45) is 1.54. The molecule has 15 heavy (non-hydrogen) atoms. The molecule has 0 radical (unpaired) electrons. The number of hydrogen-bond acceptors (Lipinski definition) is 4. The first-order valence-corrected chi connectivity index (χ1v) is 6.45. The van der Waals surface area contributed by atoms with Crippen LogP contribution in [-0.4, -0.2) is 27.4 Å². The van der Waals surface area contributed by atoms with Crippen LogP contribution in [0.15, 0.2) is 24.3 Å². The second-order valence-electron chi connectivity index (χ2n) is 3.54. The highest BCUT2D eigenvalue weighted by atomic mass is 32.2. The summed E-state index contributed by atoms with van der Waals surface area (Å²) in [5.74, 6) is 0.819. The summed E-state index contributed by atoms with van der Waals surface area (Å²) in [5, 5.41) is 0. The SMILES string of the molecule is CS(=O)(=O)OC[C@H]1Cc2ccccc2O1. The van der Waals surface area contributed by atoms with Crippen molar-refractivity contribution in [3.8, 4) is 5.75 Å². The third-order valence-corrected chi connectivity index (χ3v) is 2.75. The average Bonchev–Trinajstić information content (AvgIpc) is 2.56. The van der Waals surface area contributed by atoms with Crippen LogP contribution >= 0.6 is 0 Å². The predicted molar refractivity (Wildman–Crippen MR) is 55.4 cm³/mol. The fourth-order valence-electron chi connectivity index (χ4n) is 1.55. The molecule has 0 spiro atoms. The molecule has 82 valence electrons. The van der Waals surface area contributed by atoms with Crippen LogP contribution in [0, 0.1) is 0 Å². The smallest absolute Gasteiger partial charge is 0.264 e. The molecule has 0 amide bonds. The Kier molecular flexibility index (Phi) is 2.67.